The van der Waals surface area contributed by atoms with Crippen molar-refractivity contribution in [3.05, 3.63) is 35.9 Å². The minimum absolute atomic E-state index is 0.0861. The molecule has 1 aromatic carbocycles. The van der Waals surface area contributed by atoms with Crippen LogP contribution in [0.4, 0.5) is 4.79 Å². The second-order valence-electron chi connectivity index (χ2n) is 6.51. The van der Waals surface area contributed by atoms with Gasteiger partial charge in [0.05, 0.1) is 18.6 Å². The van der Waals surface area contributed by atoms with Crippen molar-refractivity contribution in [3.8, 4) is 0 Å². The summed E-state index contributed by atoms with van der Waals surface area (Å²) in [5.41, 5.74) is 1.09. The number of rotatable bonds is 4. The summed E-state index contributed by atoms with van der Waals surface area (Å²) in [5.74, 6) is 0.375. The molecule has 5 heteroatoms. The van der Waals surface area contributed by atoms with Gasteiger partial charge in [0.2, 0.25) is 5.91 Å². The molecule has 1 aromatic rings. The molecule has 0 bridgehead atoms. The zero-order chi connectivity index (χ0) is 16.2. The Kier molecular flexibility index (Phi) is 4.96. The molecule has 0 saturated carbocycles. The number of carbonyl (C=O) groups is 2. The Bertz CT molecular complexity index is 559. The SMILES string of the molecule is C[C@@H]1CCO[C@H](CC(=O)N2C(=O)OC[C@@H]2Cc2ccccc2)C1. The Balaban J connectivity index is 1.63. The van der Waals surface area contributed by atoms with Crippen LogP contribution in [0.3, 0.4) is 0 Å². The van der Waals surface area contributed by atoms with E-state index >= 15 is 0 Å². The second-order valence-corrected chi connectivity index (χ2v) is 6.51. The van der Waals surface area contributed by atoms with Gasteiger partial charge in [-0.1, -0.05) is 37.3 Å². The lowest BCUT2D eigenvalue weighted by molar-refractivity contribution is -0.133. The van der Waals surface area contributed by atoms with Gasteiger partial charge in [0, 0.05) is 6.61 Å². The van der Waals surface area contributed by atoms with Crippen molar-refractivity contribution in [3.63, 3.8) is 0 Å². The van der Waals surface area contributed by atoms with Gasteiger partial charge >= 0.3 is 6.09 Å². The normalized spacial score (nSPS) is 27.8. The molecule has 0 unspecified atom stereocenters. The number of hydrogen-bond acceptors (Lipinski definition) is 4. The topological polar surface area (TPSA) is 55.8 Å². The average Bonchev–Trinajstić information content (AvgIpc) is 2.89. The van der Waals surface area contributed by atoms with Crippen LogP contribution in [-0.2, 0) is 20.7 Å². The van der Waals surface area contributed by atoms with Gasteiger partial charge in [0.25, 0.3) is 0 Å². The second kappa shape index (κ2) is 7.13. The summed E-state index contributed by atoms with van der Waals surface area (Å²) in [6, 6.07) is 9.63. The highest BCUT2D eigenvalue weighted by atomic mass is 16.6. The quantitative estimate of drug-likeness (QED) is 0.857. The van der Waals surface area contributed by atoms with E-state index in [0.717, 1.165) is 18.4 Å². The van der Waals surface area contributed by atoms with Gasteiger partial charge in [-0.3, -0.25) is 4.79 Å². The summed E-state index contributed by atoms with van der Waals surface area (Å²) < 4.78 is 10.8. The van der Waals surface area contributed by atoms with E-state index in [4.69, 9.17) is 9.47 Å². The van der Waals surface area contributed by atoms with Crippen LogP contribution in [-0.4, -0.2) is 42.3 Å². The van der Waals surface area contributed by atoms with Crippen molar-refractivity contribution in [2.24, 2.45) is 5.92 Å². The zero-order valence-corrected chi connectivity index (χ0v) is 13.4. The Morgan fingerprint density at radius 2 is 2.09 bits per heavy atom. The van der Waals surface area contributed by atoms with E-state index in [-0.39, 0.29) is 31.1 Å². The molecule has 2 aliphatic heterocycles. The third-order valence-corrected chi connectivity index (χ3v) is 4.58. The van der Waals surface area contributed by atoms with E-state index in [1.807, 2.05) is 30.3 Å². The fourth-order valence-corrected chi connectivity index (χ4v) is 3.31. The van der Waals surface area contributed by atoms with Gasteiger partial charge in [0.15, 0.2) is 0 Å². The maximum absolute atomic E-state index is 12.6. The Hall–Kier alpha value is -1.88. The maximum Gasteiger partial charge on any atom is 0.416 e. The van der Waals surface area contributed by atoms with Gasteiger partial charge in [0.1, 0.15) is 6.61 Å². The number of amides is 2. The Morgan fingerprint density at radius 3 is 2.83 bits per heavy atom. The minimum atomic E-state index is -0.528. The predicted molar refractivity (Wildman–Crippen MR) is 84.9 cm³/mol. The van der Waals surface area contributed by atoms with E-state index in [2.05, 4.69) is 6.92 Å². The van der Waals surface area contributed by atoms with Crippen LogP contribution in [0, 0.1) is 5.92 Å². The van der Waals surface area contributed by atoms with Crippen LogP contribution in [0.5, 0.6) is 0 Å². The first-order chi connectivity index (χ1) is 11.1. The van der Waals surface area contributed by atoms with E-state index in [0.29, 0.717) is 18.9 Å². The Morgan fingerprint density at radius 1 is 1.30 bits per heavy atom. The summed E-state index contributed by atoms with van der Waals surface area (Å²) in [6.45, 7) is 3.13. The first-order valence-corrected chi connectivity index (χ1v) is 8.28. The van der Waals surface area contributed by atoms with Crippen molar-refractivity contribution in [1.82, 2.24) is 4.90 Å². The monoisotopic (exact) mass is 317 g/mol. The molecule has 124 valence electrons. The van der Waals surface area contributed by atoms with Gasteiger partial charge < -0.3 is 9.47 Å². The molecule has 2 aliphatic rings. The molecule has 0 aliphatic carbocycles. The maximum atomic E-state index is 12.6. The predicted octanol–water partition coefficient (Wildman–Crippen LogP) is 2.78. The first-order valence-electron chi connectivity index (χ1n) is 8.28. The van der Waals surface area contributed by atoms with Crippen molar-refractivity contribution < 1.29 is 19.1 Å². The molecule has 0 N–H and O–H groups in total. The van der Waals surface area contributed by atoms with E-state index in [9.17, 15) is 9.59 Å². The van der Waals surface area contributed by atoms with Crippen LogP contribution >= 0.6 is 0 Å². The molecular weight excluding hydrogens is 294 g/mol. The highest BCUT2D eigenvalue weighted by molar-refractivity contribution is 5.93. The number of imide groups is 1. The standard InChI is InChI=1S/C18H23NO4/c1-13-7-8-22-16(9-13)11-17(20)19-15(12-23-18(19)21)10-14-5-3-2-4-6-14/h2-6,13,15-16H,7-12H2,1H3/t13-,15+,16+/m1/s1. The first kappa shape index (κ1) is 16.0. The molecule has 2 amide bonds. The summed E-state index contributed by atoms with van der Waals surface area (Å²) in [5, 5.41) is 0. The fourth-order valence-electron chi connectivity index (χ4n) is 3.31. The molecule has 3 atom stereocenters. The summed E-state index contributed by atoms with van der Waals surface area (Å²) >= 11 is 0. The third kappa shape index (κ3) is 3.91. The lowest BCUT2D eigenvalue weighted by Gasteiger charge is -2.28. The number of carbonyl (C=O) groups excluding carboxylic acids is 2. The van der Waals surface area contributed by atoms with E-state index < -0.39 is 6.09 Å². The molecule has 2 heterocycles. The van der Waals surface area contributed by atoms with Gasteiger partial charge in [-0.2, -0.15) is 0 Å². The van der Waals surface area contributed by atoms with Crippen LogP contribution in [0.1, 0.15) is 31.7 Å². The van der Waals surface area contributed by atoms with Crippen molar-refractivity contribution >= 4 is 12.0 Å². The number of hydrogen-bond donors (Lipinski definition) is 0. The molecule has 0 spiro atoms. The summed E-state index contributed by atoms with van der Waals surface area (Å²) in [4.78, 5) is 25.8. The molecule has 5 nitrogen and oxygen atoms in total. The van der Waals surface area contributed by atoms with E-state index in [1.54, 1.807) is 0 Å². The number of nitrogens with zero attached hydrogens (tertiary/aromatic N) is 1. The molecule has 0 aromatic heterocycles. The van der Waals surface area contributed by atoms with Crippen LogP contribution < -0.4 is 0 Å². The van der Waals surface area contributed by atoms with Crippen molar-refractivity contribution in [1.29, 1.82) is 0 Å². The largest absolute Gasteiger partial charge is 0.447 e. The molecular formula is C18H23NO4. The van der Waals surface area contributed by atoms with Crippen LogP contribution in [0.25, 0.3) is 0 Å². The average molecular weight is 317 g/mol. The highest BCUT2D eigenvalue weighted by Gasteiger charge is 2.39. The molecule has 2 saturated heterocycles. The lowest BCUT2D eigenvalue weighted by atomic mass is 9.95. The minimum Gasteiger partial charge on any atom is -0.447 e. The smallest absolute Gasteiger partial charge is 0.416 e. The summed E-state index contributed by atoms with van der Waals surface area (Å²) in [7, 11) is 0. The van der Waals surface area contributed by atoms with Gasteiger partial charge in [-0.05, 0) is 30.7 Å². The molecule has 2 fully saturated rings. The molecule has 0 radical (unpaired) electrons. The third-order valence-electron chi connectivity index (χ3n) is 4.58. The fraction of sp³-hybridized carbons (Fsp3) is 0.556. The molecule has 3 rings (SSSR count). The number of benzene rings is 1. The zero-order valence-electron chi connectivity index (χ0n) is 13.4. The van der Waals surface area contributed by atoms with Gasteiger partial charge in [-0.15, -0.1) is 0 Å². The van der Waals surface area contributed by atoms with Crippen molar-refractivity contribution in [2.75, 3.05) is 13.2 Å². The molecule has 23 heavy (non-hydrogen) atoms. The van der Waals surface area contributed by atoms with Crippen LogP contribution in [0.2, 0.25) is 0 Å². The number of ether oxygens (including phenoxy) is 2. The lowest BCUT2D eigenvalue weighted by Crippen LogP contribution is -2.42. The highest BCUT2D eigenvalue weighted by Crippen LogP contribution is 2.24. The van der Waals surface area contributed by atoms with Crippen LogP contribution in [0.15, 0.2) is 30.3 Å². The van der Waals surface area contributed by atoms with Crippen molar-refractivity contribution in [2.45, 2.75) is 44.8 Å². The summed E-state index contributed by atoms with van der Waals surface area (Å²) in [6.07, 6.45) is 2.17. The van der Waals surface area contributed by atoms with E-state index in [1.165, 1.54) is 4.90 Å². The number of cyclic esters (lactones) is 1. The van der Waals surface area contributed by atoms with Gasteiger partial charge in [-0.25, -0.2) is 9.69 Å². The Labute approximate surface area is 136 Å².